The Morgan fingerprint density at radius 3 is 2.42 bits per heavy atom. The number of nitrogens with one attached hydrogen (secondary N) is 2. The SMILES string of the molecule is O=C(O)CCCC=CC[C@H]1[C@@H](CNC(=S)CNC(=S)CCCC2CCCCC2)[C@H]2CC[C@@H]1O2. The summed E-state index contributed by atoms with van der Waals surface area (Å²) in [6.45, 7) is 1.47. The number of unbranched alkanes of at least 4 members (excludes halogenated alkanes) is 1. The van der Waals surface area contributed by atoms with E-state index in [1.54, 1.807) is 0 Å². The summed E-state index contributed by atoms with van der Waals surface area (Å²) in [5, 5.41) is 15.6. The van der Waals surface area contributed by atoms with E-state index in [0.29, 0.717) is 37.0 Å². The maximum atomic E-state index is 10.6. The molecule has 2 heterocycles. The number of carboxylic acid groups (broad SMARTS) is 1. The Labute approximate surface area is 210 Å². The van der Waals surface area contributed by atoms with Gasteiger partial charge in [-0.2, -0.15) is 0 Å². The molecule has 0 aromatic carbocycles. The van der Waals surface area contributed by atoms with Crippen LogP contribution in [-0.4, -0.2) is 46.4 Å². The summed E-state index contributed by atoms with van der Waals surface area (Å²) >= 11 is 11.1. The van der Waals surface area contributed by atoms with Crippen LogP contribution in [0.1, 0.15) is 89.9 Å². The number of ether oxygens (including phenoxy) is 1. The van der Waals surface area contributed by atoms with Crippen molar-refractivity contribution in [3.05, 3.63) is 12.2 Å². The highest BCUT2D eigenvalue weighted by Gasteiger charge is 2.47. The van der Waals surface area contributed by atoms with Crippen LogP contribution >= 0.6 is 24.4 Å². The number of carbonyl (C=O) groups is 1. The van der Waals surface area contributed by atoms with Crippen molar-refractivity contribution in [3.8, 4) is 0 Å². The number of hydrogen-bond donors (Lipinski definition) is 3. The lowest BCUT2D eigenvalue weighted by atomic mass is 9.77. The van der Waals surface area contributed by atoms with Gasteiger partial charge in [0.1, 0.15) is 0 Å². The van der Waals surface area contributed by atoms with Gasteiger partial charge in [0.15, 0.2) is 0 Å². The molecule has 3 rings (SSSR count). The molecule has 0 unspecified atom stereocenters. The van der Waals surface area contributed by atoms with E-state index in [1.165, 1.54) is 44.9 Å². The van der Waals surface area contributed by atoms with Crippen LogP contribution in [0.5, 0.6) is 0 Å². The molecule has 3 fully saturated rings. The number of carboxylic acids is 1. The Balaban J connectivity index is 1.29. The number of thiocarbonyl (C=S) groups is 2. The van der Waals surface area contributed by atoms with Gasteiger partial charge in [0, 0.05) is 18.9 Å². The second-order valence-electron chi connectivity index (χ2n) is 10.1. The van der Waals surface area contributed by atoms with Crippen LogP contribution < -0.4 is 10.6 Å². The standard InChI is InChI=1S/C26H42N2O3S2/c29-26(30)14-7-2-1-6-12-20-21(23-16-15-22(20)31-23)17-27-25(33)18-28-24(32)13-8-11-19-9-4-3-5-10-19/h1,6,19-23H,2-5,7-18H2,(H,27,33)(H,28,32)(H,29,30)/t20-,21+,22-,23+/m0/s1. The minimum atomic E-state index is -0.721. The lowest BCUT2D eigenvalue weighted by molar-refractivity contribution is -0.137. The molecule has 2 saturated heterocycles. The third-order valence-corrected chi connectivity index (χ3v) is 8.29. The fraction of sp³-hybridized carbons (Fsp3) is 0.808. The van der Waals surface area contributed by atoms with Crippen molar-refractivity contribution in [1.29, 1.82) is 0 Å². The first-order valence-electron chi connectivity index (χ1n) is 13.1. The first kappa shape index (κ1) is 26.6. The molecule has 0 aromatic heterocycles. The number of allylic oxidation sites excluding steroid dienone is 2. The number of aliphatic carboxylic acids is 1. The minimum Gasteiger partial charge on any atom is -0.481 e. The summed E-state index contributed by atoms with van der Waals surface area (Å²) in [6, 6.07) is 0. The maximum absolute atomic E-state index is 10.6. The summed E-state index contributed by atoms with van der Waals surface area (Å²) in [5.41, 5.74) is 0. The van der Waals surface area contributed by atoms with Gasteiger partial charge in [0.05, 0.1) is 28.7 Å². The molecule has 33 heavy (non-hydrogen) atoms. The summed E-state index contributed by atoms with van der Waals surface area (Å²) in [5.74, 6) is 1.19. The van der Waals surface area contributed by atoms with Gasteiger partial charge in [-0.25, -0.2) is 0 Å². The molecule has 7 heteroatoms. The van der Waals surface area contributed by atoms with Crippen molar-refractivity contribution in [2.75, 3.05) is 13.1 Å². The fourth-order valence-electron chi connectivity index (χ4n) is 5.81. The topological polar surface area (TPSA) is 70.6 Å². The quantitative estimate of drug-likeness (QED) is 0.166. The van der Waals surface area contributed by atoms with Gasteiger partial charge in [-0.1, -0.05) is 75.1 Å². The Hall–Kier alpha value is -1.05. The molecular formula is C26H42N2O3S2. The summed E-state index contributed by atoms with van der Waals surface area (Å²) in [6.07, 6.45) is 20.6. The van der Waals surface area contributed by atoms with Crippen LogP contribution in [0, 0.1) is 17.8 Å². The fourth-order valence-corrected chi connectivity index (χ4v) is 6.18. The first-order valence-corrected chi connectivity index (χ1v) is 13.9. The Morgan fingerprint density at radius 2 is 1.67 bits per heavy atom. The Kier molecular flexibility index (Phi) is 11.6. The van der Waals surface area contributed by atoms with Gasteiger partial charge >= 0.3 is 5.97 Å². The summed E-state index contributed by atoms with van der Waals surface area (Å²) in [7, 11) is 0. The third kappa shape index (κ3) is 9.25. The van der Waals surface area contributed by atoms with Crippen molar-refractivity contribution in [1.82, 2.24) is 10.6 Å². The van der Waals surface area contributed by atoms with Crippen molar-refractivity contribution < 1.29 is 14.6 Å². The van der Waals surface area contributed by atoms with Crippen LogP contribution in [0.2, 0.25) is 0 Å². The van der Waals surface area contributed by atoms with E-state index in [-0.39, 0.29) is 6.42 Å². The van der Waals surface area contributed by atoms with Crippen LogP contribution in [0.4, 0.5) is 0 Å². The predicted molar refractivity (Wildman–Crippen MR) is 142 cm³/mol. The predicted octanol–water partition coefficient (Wildman–Crippen LogP) is 5.57. The average molecular weight is 495 g/mol. The van der Waals surface area contributed by atoms with Crippen LogP contribution in [-0.2, 0) is 9.53 Å². The molecule has 0 amide bonds. The second kappa shape index (κ2) is 14.4. The third-order valence-electron chi connectivity index (χ3n) is 7.65. The molecule has 3 N–H and O–H groups in total. The maximum Gasteiger partial charge on any atom is 0.303 e. The normalized spacial score (nSPS) is 27.2. The monoisotopic (exact) mass is 494 g/mol. The zero-order valence-electron chi connectivity index (χ0n) is 19.9. The van der Waals surface area contributed by atoms with Gasteiger partial charge < -0.3 is 20.5 Å². The van der Waals surface area contributed by atoms with Crippen LogP contribution in [0.3, 0.4) is 0 Å². The first-order chi connectivity index (χ1) is 16.0. The lowest BCUT2D eigenvalue weighted by Crippen LogP contribution is -2.41. The van der Waals surface area contributed by atoms with E-state index in [0.717, 1.165) is 54.5 Å². The van der Waals surface area contributed by atoms with Gasteiger partial charge in [0.2, 0.25) is 0 Å². The van der Waals surface area contributed by atoms with Gasteiger partial charge in [-0.3, -0.25) is 4.79 Å². The summed E-state index contributed by atoms with van der Waals surface area (Å²) in [4.78, 5) is 12.4. The van der Waals surface area contributed by atoms with Crippen molar-refractivity contribution in [3.63, 3.8) is 0 Å². The molecular weight excluding hydrogens is 452 g/mol. The molecule has 3 aliphatic rings. The minimum absolute atomic E-state index is 0.240. The van der Waals surface area contributed by atoms with E-state index in [1.807, 2.05) is 0 Å². The zero-order chi connectivity index (χ0) is 23.5. The van der Waals surface area contributed by atoms with Crippen molar-refractivity contribution >= 4 is 40.4 Å². The molecule has 2 bridgehead atoms. The number of rotatable bonds is 14. The molecule has 186 valence electrons. The molecule has 4 atom stereocenters. The average Bonchev–Trinajstić information content (AvgIpc) is 3.41. The zero-order valence-corrected chi connectivity index (χ0v) is 21.6. The number of fused-ring (bicyclic) bond motifs is 2. The van der Waals surface area contributed by atoms with Gasteiger partial charge in [-0.15, -0.1) is 0 Å². The highest BCUT2D eigenvalue weighted by molar-refractivity contribution is 7.80. The van der Waals surface area contributed by atoms with Crippen molar-refractivity contribution in [2.24, 2.45) is 17.8 Å². The summed E-state index contributed by atoms with van der Waals surface area (Å²) < 4.78 is 6.20. The van der Waals surface area contributed by atoms with Gasteiger partial charge in [-0.05, 0) is 56.8 Å². The Morgan fingerprint density at radius 1 is 0.909 bits per heavy atom. The molecule has 0 aromatic rings. The lowest BCUT2D eigenvalue weighted by Gasteiger charge is -2.28. The van der Waals surface area contributed by atoms with Gasteiger partial charge in [0.25, 0.3) is 0 Å². The Bertz CT molecular complexity index is 678. The van der Waals surface area contributed by atoms with E-state index < -0.39 is 5.97 Å². The van der Waals surface area contributed by atoms with E-state index >= 15 is 0 Å². The second-order valence-corrected chi connectivity index (χ2v) is 11.1. The molecule has 1 saturated carbocycles. The van der Waals surface area contributed by atoms with E-state index in [9.17, 15) is 4.79 Å². The molecule has 1 aliphatic carbocycles. The van der Waals surface area contributed by atoms with Crippen LogP contribution in [0.15, 0.2) is 12.2 Å². The molecule has 0 radical (unpaired) electrons. The smallest absolute Gasteiger partial charge is 0.303 e. The van der Waals surface area contributed by atoms with Crippen molar-refractivity contribution in [2.45, 2.75) is 102 Å². The largest absolute Gasteiger partial charge is 0.481 e. The highest BCUT2D eigenvalue weighted by atomic mass is 32.1. The number of hydrogen-bond acceptors (Lipinski definition) is 4. The highest BCUT2D eigenvalue weighted by Crippen LogP contribution is 2.44. The van der Waals surface area contributed by atoms with Crippen LogP contribution in [0.25, 0.3) is 0 Å². The molecule has 0 spiro atoms. The molecule has 5 nitrogen and oxygen atoms in total. The molecule has 2 aliphatic heterocycles. The van der Waals surface area contributed by atoms with E-state index in [4.69, 9.17) is 34.3 Å². The van der Waals surface area contributed by atoms with E-state index in [2.05, 4.69) is 22.8 Å².